The number of hydrogen-bond donors (Lipinski definition) is 3. The van der Waals surface area contributed by atoms with Crippen LogP contribution >= 0.6 is 0 Å². The number of benzene rings is 1. The molecule has 0 radical (unpaired) electrons. The van der Waals surface area contributed by atoms with E-state index in [-0.39, 0.29) is 48.8 Å². The first-order valence-corrected chi connectivity index (χ1v) is 12.7. The molecule has 0 saturated carbocycles. The summed E-state index contributed by atoms with van der Waals surface area (Å²) >= 11 is 0. The lowest BCUT2D eigenvalue weighted by Gasteiger charge is -2.17. The van der Waals surface area contributed by atoms with Crippen LogP contribution in [0.2, 0.25) is 0 Å². The summed E-state index contributed by atoms with van der Waals surface area (Å²) in [4.78, 5) is 47.6. The van der Waals surface area contributed by atoms with Crippen molar-refractivity contribution in [1.29, 1.82) is 0 Å². The van der Waals surface area contributed by atoms with Crippen LogP contribution in [0.5, 0.6) is 5.88 Å². The molecular formula is C28H33N5O6. The predicted octanol–water partition coefficient (Wildman–Crippen LogP) is 3.61. The average molecular weight is 536 g/mol. The van der Waals surface area contributed by atoms with Gasteiger partial charge < -0.3 is 19.9 Å². The molecule has 2 heterocycles. The fraction of sp³-hybridized carbons (Fsp3) is 0.357. The third-order valence-electron chi connectivity index (χ3n) is 5.70. The number of allylic oxidation sites excluding steroid dienone is 1. The van der Waals surface area contributed by atoms with E-state index in [2.05, 4.69) is 25.6 Å². The topological polar surface area (TPSA) is 153 Å². The Morgan fingerprint density at radius 1 is 1.05 bits per heavy atom. The highest BCUT2D eigenvalue weighted by Gasteiger charge is 2.21. The fourth-order valence-corrected chi connectivity index (χ4v) is 3.81. The highest BCUT2D eigenvalue weighted by atomic mass is 16.5. The minimum absolute atomic E-state index is 0.0124. The molecule has 0 aliphatic carbocycles. The summed E-state index contributed by atoms with van der Waals surface area (Å²) in [5.41, 5.74) is 3.91. The predicted molar refractivity (Wildman–Crippen MR) is 146 cm³/mol. The third kappa shape index (κ3) is 8.57. The molecule has 0 saturated heterocycles. The summed E-state index contributed by atoms with van der Waals surface area (Å²) in [5, 5.41) is 16.3. The van der Waals surface area contributed by atoms with Crippen LogP contribution in [-0.2, 0) is 30.4 Å². The second kappa shape index (κ2) is 14.0. The molecule has 1 atom stereocenters. The first-order chi connectivity index (χ1) is 18.7. The number of rotatable bonds is 12. The van der Waals surface area contributed by atoms with Crippen molar-refractivity contribution in [2.24, 2.45) is 0 Å². The van der Waals surface area contributed by atoms with E-state index in [1.165, 1.54) is 6.92 Å². The zero-order valence-corrected chi connectivity index (χ0v) is 22.5. The lowest BCUT2D eigenvalue weighted by atomic mass is 10.0. The number of hydrogen-bond acceptors (Lipinski definition) is 10. The Balaban J connectivity index is 1.68. The summed E-state index contributed by atoms with van der Waals surface area (Å²) in [6, 6.07) is 8.95. The van der Waals surface area contributed by atoms with Gasteiger partial charge in [-0.3, -0.25) is 19.7 Å². The van der Waals surface area contributed by atoms with E-state index >= 15 is 0 Å². The Morgan fingerprint density at radius 2 is 1.77 bits per heavy atom. The van der Waals surface area contributed by atoms with E-state index in [1.807, 2.05) is 37.3 Å². The molecule has 3 N–H and O–H groups in total. The zero-order valence-electron chi connectivity index (χ0n) is 22.5. The molecular weight excluding hydrogens is 502 g/mol. The molecule has 1 aromatic carbocycles. The number of ether oxygens (including phenoxy) is 2. The molecule has 0 spiro atoms. The van der Waals surface area contributed by atoms with Crippen LogP contribution in [0.3, 0.4) is 0 Å². The maximum absolute atomic E-state index is 12.3. The number of anilines is 1. The molecule has 0 aliphatic heterocycles. The molecule has 39 heavy (non-hydrogen) atoms. The van der Waals surface area contributed by atoms with Gasteiger partial charge in [0.25, 0.3) is 0 Å². The summed E-state index contributed by atoms with van der Waals surface area (Å²) in [5.74, 6) is -1.38. The fourth-order valence-electron chi connectivity index (χ4n) is 3.81. The summed E-state index contributed by atoms with van der Waals surface area (Å²) < 4.78 is 10.1. The highest BCUT2D eigenvalue weighted by Crippen LogP contribution is 2.25. The van der Waals surface area contributed by atoms with Crippen molar-refractivity contribution < 1.29 is 29.0 Å². The largest absolute Gasteiger partial charge is 0.493 e. The van der Waals surface area contributed by atoms with Crippen LogP contribution in [0.4, 0.5) is 5.95 Å². The summed E-state index contributed by atoms with van der Waals surface area (Å²) in [6.07, 6.45) is 3.96. The molecule has 0 fully saturated rings. The van der Waals surface area contributed by atoms with Gasteiger partial charge in [0, 0.05) is 26.1 Å². The van der Waals surface area contributed by atoms with Gasteiger partial charge in [0.15, 0.2) is 5.65 Å². The monoisotopic (exact) mass is 535 g/mol. The summed E-state index contributed by atoms with van der Waals surface area (Å²) in [7, 11) is 0. The van der Waals surface area contributed by atoms with Crippen molar-refractivity contribution in [3.8, 4) is 5.88 Å². The molecule has 11 heteroatoms. The second-order valence-electron chi connectivity index (χ2n) is 8.75. The van der Waals surface area contributed by atoms with Crippen molar-refractivity contribution >= 4 is 46.5 Å². The van der Waals surface area contributed by atoms with Crippen molar-refractivity contribution in [1.82, 2.24) is 20.3 Å². The SMILES string of the molecule is CCOC(=O)CC[C@@H](NCc1ccc(C(C)=Cc2cnc3nc(NC(C)=O)nc(O)c3c2)cc1)C(=O)OCC. The Morgan fingerprint density at radius 3 is 2.44 bits per heavy atom. The maximum atomic E-state index is 12.3. The van der Waals surface area contributed by atoms with Crippen LogP contribution in [0, 0.1) is 0 Å². The van der Waals surface area contributed by atoms with Gasteiger partial charge in [-0.15, -0.1) is 0 Å². The summed E-state index contributed by atoms with van der Waals surface area (Å²) in [6.45, 7) is 7.74. The molecule has 11 nitrogen and oxygen atoms in total. The molecule has 206 valence electrons. The lowest BCUT2D eigenvalue weighted by Crippen LogP contribution is -2.38. The Bertz CT molecular complexity index is 1360. The van der Waals surface area contributed by atoms with E-state index in [1.54, 1.807) is 26.1 Å². The smallest absolute Gasteiger partial charge is 0.323 e. The Kier molecular flexibility index (Phi) is 10.4. The second-order valence-corrected chi connectivity index (χ2v) is 8.75. The number of aromatic hydroxyl groups is 1. The molecule has 3 rings (SSSR count). The van der Waals surface area contributed by atoms with E-state index < -0.39 is 12.0 Å². The lowest BCUT2D eigenvalue weighted by molar-refractivity contribution is -0.147. The number of esters is 2. The number of aromatic nitrogens is 3. The van der Waals surface area contributed by atoms with Gasteiger partial charge in [-0.1, -0.05) is 24.3 Å². The number of carbonyl (C=O) groups is 3. The third-order valence-corrected chi connectivity index (χ3v) is 5.70. The minimum Gasteiger partial charge on any atom is -0.493 e. The first-order valence-electron chi connectivity index (χ1n) is 12.7. The van der Waals surface area contributed by atoms with Crippen LogP contribution < -0.4 is 10.6 Å². The first kappa shape index (κ1) is 29.2. The molecule has 0 bridgehead atoms. The number of nitrogens with zero attached hydrogens (tertiary/aromatic N) is 3. The number of amides is 1. The van der Waals surface area contributed by atoms with Crippen molar-refractivity contribution in [2.45, 2.75) is 53.1 Å². The van der Waals surface area contributed by atoms with E-state index in [4.69, 9.17) is 9.47 Å². The van der Waals surface area contributed by atoms with Crippen molar-refractivity contribution in [3.05, 3.63) is 53.2 Å². The van der Waals surface area contributed by atoms with Gasteiger partial charge in [-0.2, -0.15) is 9.97 Å². The molecule has 0 aliphatic rings. The van der Waals surface area contributed by atoms with Crippen LogP contribution in [-0.4, -0.2) is 57.2 Å². The minimum atomic E-state index is -0.620. The normalized spacial score (nSPS) is 12.2. The molecule has 2 aromatic heterocycles. The zero-order chi connectivity index (χ0) is 28.4. The quantitative estimate of drug-likeness (QED) is 0.293. The van der Waals surface area contributed by atoms with Gasteiger partial charge in [-0.25, -0.2) is 4.98 Å². The molecule has 0 unspecified atom stereocenters. The highest BCUT2D eigenvalue weighted by molar-refractivity contribution is 5.90. The Labute approximate surface area is 226 Å². The number of carbonyl (C=O) groups excluding carboxylic acids is 3. The van der Waals surface area contributed by atoms with E-state index in [0.29, 0.717) is 18.5 Å². The number of nitrogens with one attached hydrogen (secondary N) is 2. The van der Waals surface area contributed by atoms with Crippen LogP contribution in [0.1, 0.15) is 57.2 Å². The van der Waals surface area contributed by atoms with Crippen molar-refractivity contribution in [3.63, 3.8) is 0 Å². The van der Waals surface area contributed by atoms with Gasteiger partial charge in [-0.05, 0) is 61.6 Å². The van der Waals surface area contributed by atoms with Crippen molar-refractivity contribution in [2.75, 3.05) is 18.5 Å². The number of pyridine rings is 1. The molecule has 3 aromatic rings. The van der Waals surface area contributed by atoms with Crippen LogP contribution in [0.15, 0.2) is 36.5 Å². The van der Waals surface area contributed by atoms with Gasteiger partial charge in [0.2, 0.25) is 17.7 Å². The number of fused-ring (bicyclic) bond motifs is 1. The van der Waals surface area contributed by atoms with Gasteiger partial charge in [0.1, 0.15) is 6.04 Å². The van der Waals surface area contributed by atoms with Crippen LogP contribution in [0.25, 0.3) is 22.7 Å². The Hall–Kier alpha value is -4.38. The van der Waals surface area contributed by atoms with Gasteiger partial charge in [0.05, 0.1) is 18.6 Å². The van der Waals surface area contributed by atoms with Gasteiger partial charge >= 0.3 is 11.9 Å². The van der Waals surface area contributed by atoms with E-state index in [0.717, 1.165) is 22.3 Å². The maximum Gasteiger partial charge on any atom is 0.323 e. The average Bonchev–Trinajstić information content (AvgIpc) is 2.89. The standard InChI is InChI=1S/C28H33N5O6/c1-5-38-24(35)12-11-23(27(37)39-6-2)29-15-19-7-9-21(10-8-19)17(3)13-20-14-22-25(30-16-20)32-28(31-18(4)34)33-26(22)36/h7-10,13-14,16,23,29H,5-6,11-12,15H2,1-4H3,(H2,30,31,32,33,34,36)/t23-/m1/s1. The van der Waals surface area contributed by atoms with E-state index in [9.17, 15) is 19.5 Å². The molecule has 1 amide bonds.